The zero-order chi connectivity index (χ0) is 20.2. The van der Waals surface area contributed by atoms with Crippen molar-refractivity contribution >= 4 is 51.5 Å². The molecule has 4 rings (SSSR count). The maximum atomic E-state index is 12.6. The number of nitrogens with zero attached hydrogens (tertiary/aromatic N) is 3. The van der Waals surface area contributed by atoms with E-state index in [2.05, 4.69) is 44.4 Å². The summed E-state index contributed by atoms with van der Waals surface area (Å²) in [6.07, 6.45) is 0. The molecule has 2 N–H and O–H groups in total. The van der Waals surface area contributed by atoms with E-state index in [-0.39, 0.29) is 0 Å². The van der Waals surface area contributed by atoms with E-state index in [4.69, 9.17) is 0 Å². The summed E-state index contributed by atoms with van der Waals surface area (Å²) in [4.78, 5) is 13.6. The van der Waals surface area contributed by atoms with Crippen LogP contribution < -0.4 is 10.6 Å². The molecule has 0 aliphatic rings. The van der Waals surface area contributed by atoms with E-state index in [1.807, 2.05) is 47.8 Å². The van der Waals surface area contributed by atoms with E-state index in [1.54, 1.807) is 40.3 Å². The lowest BCUT2D eigenvalue weighted by Gasteiger charge is -2.11. The minimum absolute atomic E-state index is 0.396. The van der Waals surface area contributed by atoms with Crippen LogP contribution in [-0.2, 0) is 0 Å². The lowest BCUT2D eigenvalue weighted by Crippen LogP contribution is -2.21. The predicted octanol–water partition coefficient (Wildman–Crippen LogP) is 5.72. The van der Waals surface area contributed by atoms with E-state index >= 15 is 0 Å². The summed E-state index contributed by atoms with van der Waals surface area (Å²) in [6.45, 7) is 0. The van der Waals surface area contributed by atoms with Gasteiger partial charge in [0.2, 0.25) is 0 Å². The first-order chi connectivity index (χ1) is 14.1. The van der Waals surface area contributed by atoms with Gasteiger partial charge in [0, 0.05) is 9.64 Å². The molecule has 0 aliphatic carbocycles. The second-order valence-corrected chi connectivity index (χ2v) is 8.21. The molecule has 2 aromatic carbocycles. The Balaban J connectivity index is 1.66. The van der Waals surface area contributed by atoms with Crippen molar-refractivity contribution in [3.8, 4) is 22.3 Å². The maximum absolute atomic E-state index is 12.6. The Morgan fingerprint density at radius 3 is 2.59 bits per heavy atom. The summed E-state index contributed by atoms with van der Waals surface area (Å²) in [6, 6.07) is 22.1. The van der Waals surface area contributed by atoms with Gasteiger partial charge in [0.05, 0.1) is 21.8 Å². The number of amides is 2. The molecule has 2 aromatic heterocycles. The van der Waals surface area contributed by atoms with Crippen molar-refractivity contribution < 1.29 is 4.79 Å². The van der Waals surface area contributed by atoms with Gasteiger partial charge in [0.25, 0.3) is 0 Å². The Labute approximate surface area is 184 Å². The number of benzene rings is 2. The van der Waals surface area contributed by atoms with Crippen molar-refractivity contribution in [1.82, 2.24) is 9.78 Å². The first-order valence-corrected chi connectivity index (χ1v) is 10.6. The van der Waals surface area contributed by atoms with E-state index in [1.165, 1.54) is 0 Å². The highest BCUT2D eigenvalue weighted by molar-refractivity contribution is 14.1. The van der Waals surface area contributed by atoms with Crippen LogP contribution in [0.15, 0.2) is 72.1 Å². The molecule has 0 atom stereocenters. The molecule has 4 aromatic rings. The monoisotopic (exact) mass is 511 g/mol. The highest BCUT2D eigenvalue weighted by Crippen LogP contribution is 2.28. The number of para-hydroxylation sites is 1. The lowest BCUT2D eigenvalue weighted by molar-refractivity contribution is 0.262. The third-order valence-electron chi connectivity index (χ3n) is 4.09. The molecule has 0 fully saturated rings. The molecule has 8 heteroatoms. The van der Waals surface area contributed by atoms with Crippen molar-refractivity contribution in [2.45, 2.75) is 0 Å². The fraction of sp³-hybridized carbons (Fsp3) is 0. The Hall–Kier alpha value is -3.16. The van der Waals surface area contributed by atoms with Gasteiger partial charge < -0.3 is 5.32 Å². The van der Waals surface area contributed by atoms with Crippen LogP contribution in [-0.4, -0.2) is 15.8 Å². The minimum atomic E-state index is -0.447. The molecule has 142 valence electrons. The molecule has 0 spiro atoms. The van der Waals surface area contributed by atoms with Crippen molar-refractivity contribution in [1.29, 1.82) is 5.26 Å². The van der Waals surface area contributed by atoms with E-state index < -0.39 is 6.03 Å². The van der Waals surface area contributed by atoms with Crippen LogP contribution in [0.4, 0.5) is 16.3 Å². The molecule has 2 amide bonds. The number of hydrogen-bond acceptors (Lipinski definition) is 4. The SMILES string of the molecule is N#Cc1ccccc1NC(=O)Nc1cc(-c2cccs2)nn1-c1ccc(I)cc1. The first kappa shape index (κ1) is 19.2. The predicted molar refractivity (Wildman–Crippen MR) is 123 cm³/mol. The Morgan fingerprint density at radius 1 is 1.07 bits per heavy atom. The standard InChI is InChI=1S/C21H14IN5OS/c22-15-7-9-16(10-8-15)27-20(12-18(26-27)19-6-3-11-29-19)25-21(28)24-17-5-2-1-4-14(17)13-23/h1-12H,(H2,24,25,28). The highest BCUT2D eigenvalue weighted by atomic mass is 127. The zero-order valence-corrected chi connectivity index (χ0v) is 17.9. The quantitative estimate of drug-likeness (QED) is 0.344. The van der Waals surface area contributed by atoms with E-state index in [9.17, 15) is 10.1 Å². The molecule has 0 radical (unpaired) electrons. The molecule has 0 saturated carbocycles. The molecule has 2 heterocycles. The molecular weight excluding hydrogens is 497 g/mol. The minimum Gasteiger partial charge on any atom is -0.306 e. The number of rotatable bonds is 4. The van der Waals surface area contributed by atoms with Gasteiger partial charge in [-0.2, -0.15) is 10.4 Å². The summed E-state index contributed by atoms with van der Waals surface area (Å²) in [7, 11) is 0. The summed E-state index contributed by atoms with van der Waals surface area (Å²) in [5.74, 6) is 0.529. The number of nitrogens with one attached hydrogen (secondary N) is 2. The summed E-state index contributed by atoms with van der Waals surface area (Å²) >= 11 is 3.82. The molecule has 0 saturated heterocycles. The van der Waals surface area contributed by atoms with Gasteiger partial charge in [-0.1, -0.05) is 18.2 Å². The molecule has 6 nitrogen and oxygen atoms in total. The molecule has 0 unspecified atom stereocenters. The number of anilines is 2. The van der Waals surface area contributed by atoms with Gasteiger partial charge in [-0.25, -0.2) is 9.48 Å². The Bertz CT molecular complexity index is 1190. The van der Waals surface area contributed by atoms with E-state index in [0.717, 1.165) is 19.8 Å². The van der Waals surface area contributed by atoms with Crippen molar-refractivity contribution in [3.05, 3.63) is 81.2 Å². The average Bonchev–Trinajstić information content (AvgIpc) is 3.39. The van der Waals surface area contributed by atoms with Gasteiger partial charge >= 0.3 is 6.03 Å². The van der Waals surface area contributed by atoms with Gasteiger partial charge in [0.15, 0.2) is 0 Å². The fourth-order valence-electron chi connectivity index (χ4n) is 2.75. The van der Waals surface area contributed by atoms with Crippen molar-refractivity contribution in [3.63, 3.8) is 0 Å². The van der Waals surface area contributed by atoms with Crippen LogP contribution in [0.25, 0.3) is 16.3 Å². The van der Waals surface area contributed by atoms with Crippen LogP contribution >= 0.6 is 33.9 Å². The van der Waals surface area contributed by atoms with Gasteiger partial charge in [-0.3, -0.25) is 5.32 Å². The maximum Gasteiger partial charge on any atom is 0.324 e. The number of nitriles is 1. The molecule has 0 aliphatic heterocycles. The first-order valence-electron chi connectivity index (χ1n) is 8.61. The number of aromatic nitrogens is 2. The largest absolute Gasteiger partial charge is 0.324 e. The molecule has 0 bridgehead atoms. The van der Waals surface area contributed by atoms with Crippen LogP contribution in [0.1, 0.15) is 5.56 Å². The van der Waals surface area contributed by atoms with Crippen LogP contribution in [0.3, 0.4) is 0 Å². The second-order valence-electron chi connectivity index (χ2n) is 6.02. The third-order valence-corrected chi connectivity index (χ3v) is 5.70. The van der Waals surface area contributed by atoms with Gasteiger partial charge in [-0.05, 0) is 70.4 Å². The van der Waals surface area contributed by atoms with Crippen LogP contribution in [0.5, 0.6) is 0 Å². The third kappa shape index (κ3) is 4.31. The summed E-state index contributed by atoms with van der Waals surface area (Å²) in [5.41, 5.74) is 2.45. The van der Waals surface area contributed by atoms with Gasteiger partial charge in [0.1, 0.15) is 17.6 Å². The molecular formula is C21H14IN5OS. The summed E-state index contributed by atoms with van der Waals surface area (Å²) in [5, 5.41) is 21.4. The lowest BCUT2D eigenvalue weighted by atomic mass is 10.2. The van der Waals surface area contributed by atoms with Crippen molar-refractivity contribution in [2.24, 2.45) is 0 Å². The summed E-state index contributed by atoms with van der Waals surface area (Å²) < 4.78 is 2.80. The van der Waals surface area contributed by atoms with Gasteiger partial charge in [-0.15, -0.1) is 11.3 Å². The van der Waals surface area contributed by atoms with E-state index in [0.29, 0.717) is 17.1 Å². The number of urea groups is 1. The number of carbonyl (C=O) groups excluding carboxylic acids is 1. The number of halogens is 1. The Morgan fingerprint density at radius 2 is 1.86 bits per heavy atom. The zero-order valence-electron chi connectivity index (χ0n) is 15.0. The van der Waals surface area contributed by atoms with Crippen LogP contribution in [0.2, 0.25) is 0 Å². The second kappa shape index (κ2) is 8.46. The Kier molecular flexibility index (Phi) is 5.59. The topological polar surface area (TPSA) is 82.7 Å². The molecule has 29 heavy (non-hydrogen) atoms. The van der Waals surface area contributed by atoms with Crippen molar-refractivity contribution in [2.75, 3.05) is 10.6 Å². The highest BCUT2D eigenvalue weighted by Gasteiger charge is 2.15. The van der Waals surface area contributed by atoms with Crippen LogP contribution in [0, 0.1) is 14.9 Å². The smallest absolute Gasteiger partial charge is 0.306 e. The average molecular weight is 511 g/mol. The number of thiophene rings is 1. The number of hydrogen-bond donors (Lipinski definition) is 2. The fourth-order valence-corrected chi connectivity index (χ4v) is 3.79. The number of carbonyl (C=O) groups is 1. The normalized spacial score (nSPS) is 10.3.